The van der Waals surface area contributed by atoms with Gasteiger partial charge in [-0.3, -0.25) is 4.90 Å². The Balaban J connectivity index is 1.77. The molecule has 0 saturated carbocycles. The molecule has 0 radical (unpaired) electrons. The molecule has 0 spiro atoms. The van der Waals surface area contributed by atoms with Crippen LogP contribution in [0.1, 0.15) is 24.8 Å². The third-order valence-electron chi connectivity index (χ3n) is 4.86. The van der Waals surface area contributed by atoms with E-state index >= 15 is 0 Å². The zero-order valence-electron chi connectivity index (χ0n) is 11.3. The smallest absolute Gasteiger partial charge is 0.0284 e. The van der Waals surface area contributed by atoms with Gasteiger partial charge in [0.1, 0.15) is 0 Å². The van der Waals surface area contributed by atoms with Crippen LogP contribution in [0.2, 0.25) is 0 Å². The van der Waals surface area contributed by atoms with E-state index in [0.717, 1.165) is 6.04 Å². The minimum absolute atomic E-state index is 0.667. The lowest BCUT2D eigenvalue weighted by Crippen LogP contribution is -2.34. The quantitative estimate of drug-likeness (QED) is 0.735. The maximum absolute atomic E-state index is 2.55. The fourth-order valence-electron chi connectivity index (χ4n) is 3.65. The highest BCUT2D eigenvalue weighted by Gasteiger charge is 2.33. The molecule has 0 aromatic heterocycles. The van der Waals surface area contributed by atoms with Gasteiger partial charge in [0, 0.05) is 12.1 Å². The minimum Gasteiger partial charge on any atom is -0.297 e. The molecular weight excluding hydrogens is 230 g/mol. The topological polar surface area (TPSA) is 3.24 Å². The standard InChI is InChI=1S/C18H19N/c1-19-17-8-9-18(19)12-16(11-17)15-7-6-13-4-2-3-5-14(13)10-15/h2-7,10-11,17-18H,8-9,12H2,1H3. The van der Waals surface area contributed by atoms with Crippen LogP contribution in [0.15, 0.2) is 48.5 Å². The van der Waals surface area contributed by atoms with Gasteiger partial charge in [-0.25, -0.2) is 0 Å². The number of fused-ring (bicyclic) bond motifs is 3. The van der Waals surface area contributed by atoms with Crippen molar-refractivity contribution in [2.75, 3.05) is 7.05 Å². The van der Waals surface area contributed by atoms with E-state index in [1.54, 1.807) is 5.57 Å². The van der Waals surface area contributed by atoms with Crippen LogP contribution >= 0.6 is 0 Å². The fourth-order valence-corrected chi connectivity index (χ4v) is 3.65. The van der Waals surface area contributed by atoms with Crippen molar-refractivity contribution in [2.45, 2.75) is 31.3 Å². The second-order valence-electron chi connectivity index (χ2n) is 5.92. The van der Waals surface area contributed by atoms with Crippen LogP contribution in [0.4, 0.5) is 0 Å². The summed E-state index contributed by atoms with van der Waals surface area (Å²) in [4.78, 5) is 2.55. The number of hydrogen-bond acceptors (Lipinski definition) is 1. The molecule has 1 saturated heterocycles. The maximum Gasteiger partial charge on any atom is 0.0284 e. The van der Waals surface area contributed by atoms with Crippen molar-refractivity contribution < 1.29 is 0 Å². The lowest BCUT2D eigenvalue weighted by Gasteiger charge is -2.30. The van der Waals surface area contributed by atoms with E-state index in [4.69, 9.17) is 0 Å². The van der Waals surface area contributed by atoms with Crippen molar-refractivity contribution >= 4 is 16.3 Å². The summed E-state index contributed by atoms with van der Waals surface area (Å²) in [6.45, 7) is 0. The van der Waals surface area contributed by atoms with E-state index in [9.17, 15) is 0 Å². The van der Waals surface area contributed by atoms with Crippen molar-refractivity contribution in [3.05, 3.63) is 54.1 Å². The highest BCUT2D eigenvalue weighted by molar-refractivity contribution is 5.86. The molecule has 2 aromatic rings. The van der Waals surface area contributed by atoms with Crippen LogP contribution in [-0.2, 0) is 0 Å². The van der Waals surface area contributed by atoms with Crippen LogP contribution in [0.3, 0.4) is 0 Å². The summed E-state index contributed by atoms with van der Waals surface area (Å²) in [5.41, 5.74) is 2.97. The molecule has 0 aliphatic carbocycles. The molecule has 1 nitrogen and oxygen atoms in total. The molecule has 1 heteroatoms. The molecule has 96 valence electrons. The first-order chi connectivity index (χ1) is 9.31. The molecule has 0 N–H and O–H groups in total. The average Bonchev–Trinajstić information content (AvgIpc) is 2.68. The van der Waals surface area contributed by atoms with Crippen LogP contribution in [-0.4, -0.2) is 24.0 Å². The van der Waals surface area contributed by atoms with Gasteiger partial charge in [0.25, 0.3) is 0 Å². The molecule has 2 unspecified atom stereocenters. The summed E-state index contributed by atoms with van der Waals surface area (Å²) < 4.78 is 0. The molecule has 2 heterocycles. The molecule has 2 aliphatic heterocycles. The average molecular weight is 249 g/mol. The Morgan fingerprint density at radius 2 is 1.84 bits per heavy atom. The molecular formula is C18H19N. The number of benzene rings is 2. The van der Waals surface area contributed by atoms with Crippen LogP contribution in [0.5, 0.6) is 0 Å². The van der Waals surface area contributed by atoms with Gasteiger partial charge in [0.2, 0.25) is 0 Å². The number of nitrogens with zero attached hydrogens (tertiary/aromatic N) is 1. The Kier molecular flexibility index (Phi) is 2.49. The second-order valence-corrected chi connectivity index (χ2v) is 5.92. The summed E-state index contributed by atoms with van der Waals surface area (Å²) >= 11 is 0. The van der Waals surface area contributed by atoms with E-state index < -0.39 is 0 Å². The van der Waals surface area contributed by atoms with Gasteiger partial charge in [-0.15, -0.1) is 0 Å². The number of rotatable bonds is 1. The third kappa shape index (κ3) is 1.81. The highest BCUT2D eigenvalue weighted by atomic mass is 15.2. The monoisotopic (exact) mass is 249 g/mol. The summed E-state index contributed by atoms with van der Waals surface area (Å²) in [5.74, 6) is 0. The predicted octanol–water partition coefficient (Wildman–Crippen LogP) is 4.09. The molecule has 2 bridgehead atoms. The third-order valence-corrected chi connectivity index (χ3v) is 4.86. The minimum atomic E-state index is 0.667. The lowest BCUT2D eigenvalue weighted by molar-refractivity contribution is 0.264. The van der Waals surface area contributed by atoms with Gasteiger partial charge in [0.05, 0.1) is 0 Å². The van der Waals surface area contributed by atoms with Gasteiger partial charge in [-0.05, 0) is 54.3 Å². The summed E-state index contributed by atoms with van der Waals surface area (Å²) in [5, 5.41) is 2.69. The molecule has 2 atom stereocenters. The van der Waals surface area contributed by atoms with Gasteiger partial charge in [0.15, 0.2) is 0 Å². The molecule has 1 fully saturated rings. The van der Waals surface area contributed by atoms with E-state index in [1.807, 2.05) is 0 Å². The summed E-state index contributed by atoms with van der Waals surface area (Å²) in [6, 6.07) is 17.0. The van der Waals surface area contributed by atoms with E-state index in [2.05, 4.69) is 60.5 Å². The molecule has 0 amide bonds. The van der Waals surface area contributed by atoms with Crippen molar-refractivity contribution in [1.29, 1.82) is 0 Å². The summed E-state index contributed by atoms with van der Waals surface area (Å²) in [6.07, 6.45) is 6.39. The Labute approximate surface area is 114 Å². The second kappa shape index (κ2) is 4.21. The van der Waals surface area contributed by atoms with Crippen molar-refractivity contribution in [2.24, 2.45) is 0 Å². The predicted molar refractivity (Wildman–Crippen MR) is 81.1 cm³/mol. The van der Waals surface area contributed by atoms with Gasteiger partial charge in [-0.2, -0.15) is 0 Å². The van der Waals surface area contributed by atoms with E-state index in [-0.39, 0.29) is 0 Å². The Hall–Kier alpha value is -1.60. The van der Waals surface area contributed by atoms with E-state index in [0.29, 0.717) is 6.04 Å². The summed E-state index contributed by atoms with van der Waals surface area (Å²) in [7, 11) is 2.27. The zero-order chi connectivity index (χ0) is 12.8. The molecule has 19 heavy (non-hydrogen) atoms. The van der Waals surface area contributed by atoms with Gasteiger partial charge >= 0.3 is 0 Å². The molecule has 4 rings (SSSR count). The SMILES string of the molecule is CN1C2C=C(c3ccc4ccccc4c3)CC1CC2. The molecule has 2 aromatic carbocycles. The Morgan fingerprint density at radius 3 is 2.68 bits per heavy atom. The lowest BCUT2D eigenvalue weighted by atomic mass is 9.93. The van der Waals surface area contributed by atoms with E-state index in [1.165, 1.54) is 35.6 Å². The first kappa shape index (κ1) is 11.2. The number of hydrogen-bond donors (Lipinski definition) is 0. The van der Waals surface area contributed by atoms with Crippen LogP contribution < -0.4 is 0 Å². The zero-order valence-corrected chi connectivity index (χ0v) is 11.3. The Bertz CT molecular complexity index is 656. The van der Waals surface area contributed by atoms with Crippen LogP contribution in [0, 0.1) is 0 Å². The maximum atomic E-state index is 2.55. The largest absolute Gasteiger partial charge is 0.297 e. The normalized spacial score (nSPS) is 26.7. The van der Waals surface area contributed by atoms with Crippen molar-refractivity contribution in [3.63, 3.8) is 0 Å². The first-order valence-electron chi connectivity index (χ1n) is 7.23. The fraction of sp³-hybridized carbons (Fsp3) is 0.333. The van der Waals surface area contributed by atoms with Crippen molar-refractivity contribution in [3.8, 4) is 0 Å². The first-order valence-corrected chi connectivity index (χ1v) is 7.23. The molecule has 2 aliphatic rings. The number of likely N-dealkylation sites (N-methyl/N-ethyl adjacent to an activating group) is 1. The van der Waals surface area contributed by atoms with Gasteiger partial charge < -0.3 is 0 Å². The van der Waals surface area contributed by atoms with Crippen LogP contribution in [0.25, 0.3) is 16.3 Å². The highest BCUT2D eigenvalue weighted by Crippen LogP contribution is 2.37. The Morgan fingerprint density at radius 1 is 1.00 bits per heavy atom. The van der Waals surface area contributed by atoms with Gasteiger partial charge in [-0.1, -0.05) is 42.5 Å². The van der Waals surface area contributed by atoms with Crippen molar-refractivity contribution in [1.82, 2.24) is 4.90 Å².